The molecule has 0 rings (SSSR count). The summed E-state index contributed by atoms with van der Waals surface area (Å²) < 4.78 is 0. The smallest absolute Gasteiger partial charge is 0.320 e. The highest BCUT2D eigenvalue weighted by atomic mass is 16.4. The number of carboxylic acids is 1. The van der Waals surface area contributed by atoms with Crippen LogP contribution in [0, 0.1) is 0 Å². The molecule has 0 saturated carbocycles. The number of nitrogens with one attached hydrogen (secondary N) is 1. The number of carbonyl (C=O) groups is 1. The van der Waals surface area contributed by atoms with Gasteiger partial charge >= 0.3 is 5.97 Å². The third kappa shape index (κ3) is 4.29. The number of hydrogen-bond acceptors (Lipinski definition) is 3. The molecule has 0 aromatic rings. The van der Waals surface area contributed by atoms with Gasteiger partial charge in [0.1, 0.15) is 6.04 Å². The molecule has 4 heteroatoms. The molecule has 4 nitrogen and oxygen atoms in total. The van der Waals surface area contributed by atoms with Crippen molar-refractivity contribution in [3.8, 4) is 0 Å². The summed E-state index contributed by atoms with van der Waals surface area (Å²) in [7, 11) is 0. The highest BCUT2D eigenvalue weighted by Crippen LogP contribution is 1.82. The first-order valence-electron chi connectivity index (χ1n) is 3.18. The van der Waals surface area contributed by atoms with E-state index in [1.807, 2.05) is 0 Å². The quantitative estimate of drug-likeness (QED) is 0.498. The second-order valence-corrected chi connectivity index (χ2v) is 2.32. The second-order valence-electron chi connectivity index (χ2n) is 2.32. The lowest BCUT2D eigenvalue weighted by atomic mass is 10.3. The maximum Gasteiger partial charge on any atom is 0.320 e. The lowest BCUT2D eigenvalue weighted by molar-refractivity contribution is -0.139. The van der Waals surface area contributed by atoms with Gasteiger partial charge in [0.25, 0.3) is 0 Å². The molecular formula is C6H13NO3. The van der Waals surface area contributed by atoms with Crippen LogP contribution in [0.1, 0.15) is 13.8 Å². The maximum absolute atomic E-state index is 10.2. The van der Waals surface area contributed by atoms with Gasteiger partial charge in [0.05, 0.1) is 6.10 Å². The van der Waals surface area contributed by atoms with Crippen LogP contribution in [-0.4, -0.2) is 34.9 Å². The molecule has 0 aliphatic rings. The fourth-order valence-corrected chi connectivity index (χ4v) is 0.435. The van der Waals surface area contributed by atoms with Crippen molar-refractivity contribution < 1.29 is 15.0 Å². The minimum Gasteiger partial charge on any atom is -0.480 e. The molecule has 0 saturated heterocycles. The molecule has 0 bridgehead atoms. The second kappa shape index (κ2) is 4.24. The van der Waals surface area contributed by atoms with Crippen LogP contribution in [0.15, 0.2) is 0 Å². The summed E-state index contributed by atoms with van der Waals surface area (Å²) >= 11 is 0. The van der Waals surface area contributed by atoms with Gasteiger partial charge in [-0.25, -0.2) is 0 Å². The Morgan fingerprint density at radius 3 is 2.40 bits per heavy atom. The molecule has 0 spiro atoms. The number of hydrogen-bond donors (Lipinski definition) is 3. The largest absolute Gasteiger partial charge is 0.480 e. The van der Waals surface area contributed by atoms with E-state index in [4.69, 9.17) is 10.2 Å². The lowest BCUT2D eigenvalue weighted by Crippen LogP contribution is -2.37. The van der Waals surface area contributed by atoms with Crippen LogP contribution >= 0.6 is 0 Å². The molecule has 0 heterocycles. The average Bonchev–Trinajstić information content (AvgIpc) is 1.82. The van der Waals surface area contributed by atoms with E-state index in [1.54, 1.807) is 6.92 Å². The van der Waals surface area contributed by atoms with Crippen molar-refractivity contribution in [3.05, 3.63) is 0 Å². The summed E-state index contributed by atoms with van der Waals surface area (Å²) in [6.07, 6.45) is -0.498. The van der Waals surface area contributed by atoms with Crippen LogP contribution in [0.3, 0.4) is 0 Å². The number of rotatable bonds is 4. The Labute approximate surface area is 59.9 Å². The lowest BCUT2D eigenvalue weighted by Gasteiger charge is -2.09. The van der Waals surface area contributed by atoms with E-state index in [9.17, 15) is 4.79 Å². The molecule has 3 N–H and O–H groups in total. The minimum atomic E-state index is -0.902. The Kier molecular flexibility index (Phi) is 3.99. The van der Waals surface area contributed by atoms with Gasteiger partial charge in [0.15, 0.2) is 0 Å². The third-order valence-electron chi connectivity index (χ3n) is 1.09. The molecule has 0 amide bonds. The first-order chi connectivity index (χ1) is 4.54. The maximum atomic E-state index is 10.2. The first kappa shape index (κ1) is 9.39. The fourth-order valence-electron chi connectivity index (χ4n) is 0.435. The van der Waals surface area contributed by atoms with Crippen molar-refractivity contribution in [2.24, 2.45) is 0 Å². The minimum absolute atomic E-state index is 0.313. The van der Waals surface area contributed by atoms with Crippen LogP contribution in [-0.2, 0) is 4.79 Å². The SMILES string of the molecule is CC(O)CN[C@H](C)C(=O)O. The Balaban J connectivity index is 3.40. The Bertz CT molecular complexity index is 114. The fraction of sp³-hybridized carbons (Fsp3) is 0.833. The summed E-state index contributed by atoms with van der Waals surface area (Å²) in [5.74, 6) is -0.902. The van der Waals surface area contributed by atoms with E-state index in [2.05, 4.69) is 5.32 Å². The van der Waals surface area contributed by atoms with Crippen LogP contribution in [0.25, 0.3) is 0 Å². The van der Waals surface area contributed by atoms with Gasteiger partial charge in [-0.05, 0) is 13.8 Å². The van der Waals surface area contributed by atoms with Crippen molar-refractivity contribution in [1.29, 1.82) is 0 Å². The van der Waals surface area contributed by atoms with Gasteiger partial charge in [-0.2, -0.15) is 0 Å². The molecule has 0 fully saturated rings. The molecule has 0 aromatic heterocycles. The normalized spacial score (nSPS) is 16.3. The monoisotopic (exact) mass is 147 g/mol. The molecule has 60 valence electrons. The zero-order valence-corrected chi connectivity index (χ0v) is 6.16. The van der Waals surface area contributed by atoms with Gasteiger partial charge in [-0.1, -0.05) is 0 Å². The number of aliphatic hydroxyl groups excluding tert-OH is 1. The highest BCUT2D eigenvalue weighted by Gasteiger charge is 2.09. The van der Waals surface area contributed by atoms with E-state index < -0.39 is 18.1 Å². The Morgan fingerprint density at radius 1 is 1.60 bits per heavy atom. The van der Waals surface area contributed by atoms with Gasteiger partial charge in [0.2, 0.25) is 0 Å². The van der Waals surface area contributed by atoms with E-state index >= 15 is 0 Å². The molecule has 1 unspecified atom stereocenters. The molecule has 0 aromatic carbocycles. The van der Waals surface area contributed by atoms with E-state index in [-0.39, 0.29) is 0 Å². The zero-order chi connectivity index (χ0) is 8.15. The standard InChI is InChI=1S/C6H13NO3/c1-4(8)3-7-5(2)6(9)10/h4-5,7-8H,3H2,1-2H3,(H,9,10)/t4?,5-/m1/s1. The third-order valence-corrected chi connectivity index (χ3v) is 1.09. The summed E-state index contributed by atoms with van der Waals surface area (Å²) in [6.45, 7) is 3.44. The summed E-state index contributed by atoms with van der Waals surface area (Å²) in [5, 5.41) is 19.7. The first-order valence-corrected chi connectivity index (χ1v) is 3.18. The summed E-state index contributed by atoms with van der Waals surface area (Å²) in [5.41, 5.74) is 0. The van der Waals surface area contributed by atoms with Gasteiger partial charge < -0.3 is 15.5 Å². The number of carboxylic acid groups (broad SMARTS) is 1. The molecular weight excluding hydrogens is 134 g/mol. The van der Waals surface area contributed by atoms with Gasteiger partial charge in [0, 0.05) is 6.54 Å². The molecule has 0 aliphatic heterocycles. The summed E-state index contributed by atoms with van der Waals surface area (Å²) in [6, 6.07) is -0.588. The molecule has 0 aliphatic carbocycles. The van der Waals surface area contributed by atoms with E-state index in [0.29, 0.717) is 6.54 Å². The van der Waals surface area contributed by atoms with Gasteiger partial charge in [-0.15, -0.1) is 0 Å². The van der Waals surface area contributed by atoms with Crippen molar-refractivity contribution in [3.63, 3.8) is 0 Å². The van der Waals surface area contributed by atoms with Crippen molar-refractivity contribution in [1.82, 2.24) is 5.32 Å². The van der Waals surface area contributed by atoms with E-state index in [1.165, 1.54) is 6.92 Å². The number of aliphatic hydroxyl groups is 1. The summed E-state index contributed by atoms with van der Waals surface area (Å²) in [4.78, 5) is 10.2. The molecule has 0 radical (unpaired) electrons. The topological polar surface area (TPSA) is 69.6 Å². The number of aliphatic carboxylic acids is 1. The van der Waals surface area contributed by atoms with Crippen LogP contribution in [0.4, 0.5) is 0 Å². The van der Waals surface area contributed by atoms with E-state index in [0.717, 1.165) is 0 Å². The predicted octanol–water partition coefficient (Wildman–Crippen LogP) is -0.570. The molecule has 2 atom stereocenters. The molecule has 10 heavy (non-hydrogen) atoms. The van der Waals surface area contributed by atoms with Crippen LogP contribution in [0.2, 0.25) is 0 Å². The zero-order valence-electron chi connectivity index (χ0n) is 6.16. The Hall–Kier alpha value is -0.610. The Morgan fingerprint density at radius 2 is 2.10 bits per heavy atom. The predicted molar refractivity (Wildman–Crippen MR) is 36.8 cm³/mol. The highest BCUT2D eigenvalue weighted by molar-refractivity contribution is 5.72. The van der Waals surface area contributed by atoms with Crippen molar-refractivity contribution >= 4 is 5.97 Å². The van der Waals surface area contributed by atoms with Crippen LogP contribution in [0.5, 0.6) is 0 Å². The van der Waals surface area contributed by atoms with Crippen molar-refractivity contribution in [2.75, 3.05) is 6.54 Å². The average molecular weight is 147 g/mol. The van der Waals surface area contributed by atoms with Crippen molar-refractivity contribution in [2.45, 2.75) is 26.0 Å². The van der Waals surface area contributed by atoms with Gasteiger partial charge in [-0.3, -0.25) is 4.79 Å². The van der Waals surface area contributed by atoms with Crippen LogP contribution < -0.4 is 5.32 Å².